The van der Waals surface area contributed by atoms with Crippen LogP contribution >= 0.6 is 0 Å². The van der Waals surface area contributed by atoms with Crippen molar-refractivity contribution in [1.82, 2.24) is 0 Å². The predicted molar refractivity (Wildman–Crippen MR) is 121 cm³/mol. The summed E-state index contributed by atoms with van der Waals surface area (Å²) in [5.74, 6) is -0.642. The molecular formula is C24H44O7. The van der Waals surface area contributed by atoms with Gasteiger partial charge >= 0.3 is 0 Å². The van der Waals surface area contributed by atoms with Crippen molar-refractivity contribution in [2.75, 3.05) is 0 Å². The van der Waals surface area contributed by atoms with Crippen molar-refractivity contribution in [2.24, 2.45) is 0 Å². The molecule has 0 fully saturated rings. The number of aliphatic hydroxyl groups excluding tert-OH is 5. The van der Waals surface area contributed by atoms with E-state index in [9.17, 15) is 30.0 Å². The third-order valence-corrected chi connectivity index (χ3v) is 5.53. The Hall–Kier alpha value is -1.12. The zero-order valence-electron chi connectivity index (χ0n) is 19.1. The Labute approximate surface area is 187 Å². The number of aliphatic hydroxyl groups is 5. The minimum atomic E-state index is -2.01. The van der Waals surface area contributed by atoms with Crippen LogP contribution in [-0.4, -0.2) is 68.1 Å². The molecule has 0 aliphatic rings. The predicted octanol–water partition coefficient (Wildman–Crippen LogP) is 2.60. The molecule has 0 saturated heterocycles. The summed E-state index contributed by atoms with van der Waals surface area (Å²) >= 11 is 0. The van der Waals surface area contributed by atoms with Gasteiger partial charge in [-0.15, -0.1) is 0 Å². The third kappa shape index (κ3) is 14.5. The fourth-order valence-corrected chi connectivity index (χ4v) is 3.38. The molecule has 0 aromatic rings. The molecule has 5 atom stereocenters. The quantitative estimate of drug-likeness (QED) is 0.104. The Balaban J connectivity index is 3.74. The average molecular weight is 445 g/mol. The molecule has 0 aliphatic carbocycles. The number of carbonyl (C=O) groups excluding carboxylic acids is 2. The number of rotatable bonds is 21. The first kappa shape index (κ1) is 29.9. The second kappa shape index (κ2) is 19.6. The second-order valence-corrected chi connectivity index (χ2v) is 8.34. The number of hydrogen-bond donors (Lipinski definition) is 5. The number of hydrogen-bond acceptors (Lipinski definition) is 7. The van der Waals surface area contributed by atoms with Gasteiger partial charge in [-0.25, -0.2) is 0 Å². The normalized spacial score (nSPS) is 16.7. The first-order valence-electron chi connectivity index (χ1n) is 11.9. The minimum absolute atomic E-state index is 0.000202. The van der Waals surface area contributed by atoms with E-state index in [1.807, 2.05) is 0 Å². The van der Waals surface area contributed by atoms with E-state index in [1.54, 1.807) is 0 Å². The highest BCUT2D eigenvalue weighted by molar-refractivity contribution is 5.83. The lowest BCUT2D eigenvalue weighted by Crippen LogP contribution is -2.51. The highest BCUT2D eigenvalue weighted by Gasteiger charge is 2.36. The van der Waals surface area contributed by atoms with Crippen molar-refractivity contribution in [1.29, 1.82) is 0 Å². The maximum Gasteiger partial charge on any atom is 0.164 e. The van der Waals surface area contributed by atoms with Crippen LogP contribution in [0, 0.1) is 0 Å². The Bertz CT molecular complexity index is 481. The number of Topliss-reactive ketones (excluding diaryl/α,β-unsaturated/α-hetero) is 1. The van der Waals surface area contributed by atoms with Crippen LogP contribution in [0.1, 0.15) is 96.8 Å². The van der Waals surface area contributed by atoms with E-state index < -0.39 is 36.3 Å². The zero-order chi connectivity index (χ0) is 23.5. The molecule has 0 aromatic heterocycles. The van der Waals surface area contributed by atoms with E-state index in [-0.39, 0.29) is 12.7 Å². The standard InChI is InChI=1S/C24H44O7/c1-2-3-4-5-6-7-8-9-10-11-12-13-14-15-16-17-19(26)21(28)23(30)24(31)22(29)20(27)18-25/h9-10,18,20-24,27-31H,2-8,11-17H2,1H3/t20-,21?,22+,23+,24-/m0/s1. The smallest absolute Gasteiger partial charge is 0.164 e. The Kier molecular flexibility index (Phi) is 18.9. The fourth-order valence-electron chi connectivity index (χ4n) is 3.38. The summed E-state index contributed by atoms with van der Waals surface area (Å²) in [5.41, 5.74) is 0. The van der Waals surface area contributed by atoms with Crippen LogP contribution in [0.3, 0.4) is 0 Å². The summed E-state index contributed by atoms with van der Waals surface area (Å²) in [5, 5.41) is 47.9. The average Bonchev–Trinajstić information content (AvgIpc) is 2.78. The molecule has 0 spiro atoms. The highest BCUT2D eigenvalue weighted by Crippen LogP contribution is 2.13. The van der Waals surface area contributed by atoms with Crippen molar-refractivity contribution in [2.45, 2.75) is 127 Å². The van der Waals surface area contributed by atoms with Crippen LogP contribution in [0.15, 0.2) is 12.2 Å². The molecule has 7 nitrogen and oxygen atoms in total. The first-order valence-corrected chi connectivity index (χ1v) is 11.9. The van der Waals surface area contributed by atoms with Gasteiger partial charge < -0.3 is 30.3 Å². The van der Waals surface area contributed by atoms with Gasteiger partial charge in [0.15, 0.2) is 12.1 Å². The molecule has 0 bridgehead atoms. The maximum atomic E-state index is 11.9. The van der Waals surface area contributed by atoms with Crippen LogP contribution in [-0.2, 0) is 9.59 Å². The molecule has 0 saturated carbocycles. The number of carbonyl (C=O) groups is 2. The molecule has 0 rings (SSSR count). The lowest BCUT2D eigenvalue weighted by molar-refractivity contribution is -0.154. The Morgan fingerprint density at radius 3 is 1.68 bits per heavy atom. The molecule has 31 heavy (non-hydrogen) atoms. The van der Waals surface area contributed by atoms with E-state index in [0.717, 1.165) is 38.5 Å². The van der Waals surface area contributed by atoms with E-state index in [2.05, 4.69) is 19.1 Å². The van der Waals surface area contributed by atoms with Crippen molar-refractivity contribution in [3.8, 4) is 0 Å². The van der Waals surface area contributed by atoms with Gasteiger partial charge in [-0.2, -0.15) is 0 Å². The zero-order valence-corrected chi connectivity index (χ0v) is 19.1. The molecule has 5 N–H and O–H groups in total. The molecule has 0 aromatic carbocycles. The van der Waals surface area contributed by atoms with Crippen LogP contribution < -0.4 is 0 Å². The third-order valence-electron chi connectivity index (χ3n) is 5.53. The van der Waals surface area contributed by atoms with E-state index in [1.165, 1.54) is 38.5 Å². The van der Waals surface area contributed by atoms with Gasteiger partial charge in [-0.05, 0) is 32.1 Å². The summed E-state index contributed by atoms with van der Waals surface area (Å²) in [7, 11) is 0. The van der Waals surface area contributed by atoms with Crippen LogP contribution in [0.25, 0.3) is 0 Å². The summed E-state index contributed by atoms with van der Waals surface area (Å²) < 4.78 is 0. The summed E-state index contributed by atoms with van der Waals surface area (Å²) in [4.78, 5) is 22.4. The minimum Gasteiger partial charge on any atom is -0.387 e. The van der Waals surface area contributed by atoms with Gasteiger partial charge in [0.05, 0.1) is 0 Å². The van der Waals surface area contributed by atoms with Gasteiger partial charge in [0, 0.05) is 6.42 Å². The highest BCUT2D eigenvalue weighted by atomic mass is 16.4. The monoisotopic (exact) mass is 444 g/mol. The van der Waals surface area contributed by atoms with E-state index >= 15 is 0 Å². The molecule has 0 amide bonds. The second-order valence-electron chi connectivity index (χ2n) is 8.34. The van der Waals surface area contributed by atoms with Crippen molar-refractivity contribution < 1.29 is 35.1 Å². The Morgan fingerprint density at radius 2 is 1.16 bits per heavy atom. The molecular weight excluding hydrogens is 400 g/mol. The van der Waals surface area contributed by atoms with Gasteiger partial charge in [0.1, 0.15) is 30.5 Å². The number of aldehydes is 1. The maximum absolute atomic E-state index is 11.9. The largest absolute Gasteiger partial charge is 0.387 e. The molecule has 1 unspecified atom stereocenters. The van der Waals surface area contributed by atoms with Gasteiger partial charge in [0.25, 0.3) is 0 Å². The van der Waals surface area contributed by atoms with Crippen molar-refractivity contribution in [3.63, 3.8) is 0 Å². The topological polar surface area (TPSA) is 135 Å². The van der Waals surface area contributed by atoms with Crippen LogP contribution in [0.4, 0.5) is 0 Å². The van der Waals surface area contributed by atoms with Crippen LogP contribution in [0.2, 0.25) is 0 Å². The van der Waals surface area contributed by atoms with Crippen molar-refractivity contribution in [3.05, 3.63) is 12.2 Å². The molecule has 0 radical (unpaired) electrons. The molecule has 0 heterocycles. The number of unbranched alkanes of at least 4 members (excludes halogenated alkanes) is 11. The summed E-state index contributed by atoms with van der Waals surface area (Å²) in [6.45, 7) is 2.23. The van der Waals surface area contributed by atoms with Gasteiger partial charge in [-0.3, -0.25) is 4.79 Å². The lowest BCUT2D eigenvalue weighted by Gasteiger charge is -2.26. The SMILES string of the molecule is CCCCCCCCC=CCCCCCCCC(=O)C(O)[C@@H](O)[C@@H](O)[C@H](O)[C@@H](O)C=O. The number of ketones is 1. The molecule has 182 valence electrons. The van der Waals surface area contributed by atoms with E-state index in [4.69, 9.17) is 5.11 Å². The fraction of sp³-hybridized carbons (Fsp3) is 0.833. The lowest BCUT2D eigenvalue weighted by atomic mass is 9.95. The molecule has 7 heteroatoms. The molecule has 0 aliphatic heterocycles. The first-order chi connectivity index (χ1) is 14.9. The van der Waals surface area contributed by atoms with Gasteiger partial charge in [0.2, 0.25) is 0 Å². The van der Waals surface area contributed by atoms with E-state index in [0.29, 0.717) is 6.42 Å². The summed E-state index contributed by atoms with van der Waals surface area (Å²) in [6.07, 6.45) is 9.47. The Morgan fingerprint density at radius 1 is 0.677 bits per heavy atom. The number of allylic oxidation sites excluding steroid dienone is 2. The van der Waals surface area contributed by atoms with Crippen LogP contribution in [0.5, 0.6) is 0 Å². The van der Waals surface area contributed by atoms with Gasteiger partial charge in [-0.1, -0.05) is 70.4 Å². The summed E-state index contributed by atoms with van der Waals surface area (Å²) in [6, 6.07) is 0. The van der Waals surface area contributed by atoms with Crippen molar-refractivity contribution >= 4 is 12.1 Å².